The highest BCUT2D eigenvalue weighted by atomic mass is 16.5. The zero-order valence-electron chi connectivity index (χ0n) is 15.1. The molecule has 1 aromatic carbocycles. The maximum Gasteiger partial charge on any atom is 0.271 e. The van der Waals surface area contributed by atoms with E-state index >= 15 is 0 Å². The van der Waals surface area contributed by atoms with Crippen LogP contribution in [-0.2, 0) is 0 Å². The number of rotatable bonds is 6. The summed E-state index contributed by atoms with van der Waals surface area (Å²) in [6, 6.07) is 5.72. The van der Waals surface area contributed by atoms with Gasteiger partial charge < -0.3 is 20.1 Å². The van der Waals surface area contributed by atoms with Gasteiger partial charge >= 0.3 is 0 Å². The molecule has 0 atom stereocenters. The maximum atomic E-state index is 12.3. The van der Waals surface area contributed by atoms with Gasteiger partial charge in [-0.1, -0.05) is 19.3 Å². The second-order valence-corrected chi connectivity index (χ2v) is 6.29. The molecule has 7 nitrogen and oxygen atoms in total. The van der Waals surface area contributed by atoms with Gasteiger partial charge in [-0.15, -0.1) is 0 Å². The Morgan fingerprint density at radius 2 is 1.81 bits per heavy atom. The van der Waals surface area contributed by atoms with E-state index in [9.17, 15) is 4.79 Å². The summed E-state index contributed by atoms with van der Waals surface area (Å²) in [5.74, 6) is 1.65. The highest BCUT2D eigenvalue weighted by molar-refractivity contribution is 5.92. The molecule has 2 aromatic rings. The standard InChI is InChI=1S/C19H24N4O3/c1-25-16-9-8-14(10-17(16)26-2)22-18-12-20-15(11-21-18)19(24)23-13-6-4-3-5-7-13/h8-13H,3-7H2,1-2H3,(H,21,22)(H,23,24). The Bertz CT molecular complexity index is 743. The van der Waals surface area contributed by atoms with Crippen molar-refractivity contribution >= 4 is 17.4 Å². The normalized spacial score (nSPS) is 14.5. The van der Waals surface area contributed by atoms with Crippen molar-refractivity contribution in [1.82, 2.24) is 15.3 Å². The van der Waals surface area contributed by atoms with Gasteiger partial charge in [-0.05, 0) is 25.0 Å². The molecule has 3 rings (SSSR count). The first kappa shape index (κ1) is 18.0. The van der Waals surface area contributed by atoms with Crippen LogP contribution >= 0.6 is 0 Å². The molecule has 138 valence electrons. The third kappa shape index (κ3) is 4.41. The lowest BCUT2D eigenvalue weighted by Gasteiger charge is -2.22. The molecule has 1 aliphatic rings. The molecule has 1 aromatic heterocycles. The first-order chi connectivity index (χ1) is 12.7. The van der Waals surface area contributed by atoms with Crippen molar-refractivity contribution in [2.24, 2.45) is 0 Å². The fourth-order valence-electron chi connectivity index (χ4n) is 3.08. The lowest BCUT2D eigenvalue weighted by Crippen LogP contribution is -2.36. The molecule has 1 heterocycles. The predicted octanol–water partition coefficient (Wildman–Crippen LogP) is 3.30. The van der Waals surface area contributed by atoms with E-state index in [1.807, 2.05) is 12.1 Å². The molecular weight excluding hydrogens is 332 g/mol. The summed E-state index contributed by atoms with van der Waals surface area (Å²) < 4.78 is 10.5. The predicted molar refractivity (Wildman–Crippen MR) is 99.2 cm³/mol. The zero-order valence-corrected chi connectivity index (χ0v) is 15.1. The average molecular weight is 356 g/mol. The lowest BCUT2D eigenvalue weighted by atomic mass is 9.95. The van der Waals surface area contributed by atoms with E-state index in [4.69, 9.17) is 9.47 Å². The molecule has 7 heteroatoms. The Labute approximate surface area is 153 Å². The third-order valence-electron chi connectivity index (χ3n) is 4.48. The summed E-state index contributed by atoms with van der Waals surface area (Å²) >= 11 is 0. The summed E-state index contributed by atoms with van der Waals surface area (Å²) in [4.78, 5) is 20.8. The second kappa shape index (κ2) is 8.51. The fraction of sp³-hybridized carbons (Fsp3) is 0.421. The van der Waals surface area contributed by atoms with Gasteiger partial charge in [-0.3, -0.25) is 4.79 Å². The van der Waals surface area contributed by atoms with Gasteiger partial charge in [0.1, 0.15) is 11.5 Å². The number of carbonyl (C=O) groups is 1. The van der Waals surface area contributed by atoms with Crippen LogP contribution in [0.3, 0.4) is 0 Å². The number of hydrogen-bond donors (Lipinski definition) is 2. The van der Waals surface area contributed by atoms with Gasteiger partial charge in [0.2, 0.25) is 0 Å². The molecule has 1 aliphatic carbocycles. The van der Waals surface area contributed by atoms with Crippen LogP contribution in [0.2, 0.25) is 0 Å². The van der Waals surface area contributed by atoms with Gasteiger partial charge in [0.15, 0.2) is 11.5 Å². The Morgan fingerprint density at radius 3 is 2.46 bits per heavy atom. The topological polar surface area (TPSA) is 85.4 Å². The van der Waals surface area contributed by atoms with E-state index in [1.165, 1.54) is 25.5 Å². The van der Waals surface area contributed by atoms with Crippen molar-refractivity contribution in [2.45, 2.75) is 38.1 Å². The highest BCUT2D eigenvalue weighted by Crippen LogP contribution is 2.30. The molecule has 0 aliphatic heterocycles. The molecule has 0 saturated heterocycles. The molecule has 0 bridgehead atoms. The lowest BCUT2D eigenvalue weighted by molar-refractivity contribution is 0.0922. The Hall–Kier alpha value is -2.83. The van der Waals surface area contributed by atoms with Gasteiger partial charge in [0.05, 0.1) is 26.6 Å². The number of anilines is 2. The van der Waals surface area contributed by atoms with Gasteiger partial charge in [-0.2, -0.15) is 0 Å². The van der Waals surface area contributed by atoms with Crippen LogP contribution in [0.15, 0.2) is 30.6 Å². The highest BCUT2D eigenvalue weighted by Gasteiger charge is 2.17. The van der Waals surface area contributed by atoms with Gasteiger partial charge in [-0.25, -0.2) is 9.97 Å². The Balaban J connectivity index is 1.63. The molecule has 0 unspecified atom stereocenters. The average Bonchev–Trinajstić information content (AvgIpc) is 2.69. The smallest absolute Gasteiger partial charge is 0.271 e. The van der Waals surface area contributed by atoms with Crippen LogP contribution in [0.1, 0.15) is 42.6 Å². The van der Waals surface area contributed by atoms with Crippen molar-refractivity contribution in [3.05, 3.63) is 36.3 Å². The minimum atomic E-state index is -0.165. The molecule has 0 spiro atoms. The number of aromatic nitrogens is 2. The van der Waals surface area contributed by atoms with E-state index in [0.29, 0.717) is 23.0 Å². The molecule has 1 saturated carbocycles. The van der Waals surface area contributed by atoms with Crippen molar-refractivity contribution in [1.29, 1.82) is 0 Å². The number of nitrogens with zero attached hydrogens (tertiary/aromatic N) is 2. The monoisotopic (exact) mass is 356 g/mol. The summed E-state index contributed by atoms with van der Waals surface area (Å²) in [5.41, 5.74) is 1.12. The molecule has 1 fully saturated rings. The zero-order chi connectivity index (χ0) is 18.4. The SMILES string of the molecule is COc1ccc(Nc2cnc(C(=O)NC3CCCCC3)cn2)cc1OC. The quantitative estimate of drug-likeness (QED) is 0.826. The van der Waals surface area contributed by atoms with Crippen molar-refractivity contribution in [3.8, 4) is 11.5 Å². The number of carbonyl (C=O) groups excluding carboxylic acids is 1. The largest absolute Gasteiger partial charge is 0.493 e. The van der Waals surface area contributed by atoms with Crippen LogP contribution < -0.4 is 20.1 Å². The van der Waals surface area contributed by atoms with Gasteiger partial charge in [0, 0.05) is 17.8 Å². The summed E-state index contributed by atoms with van der Waals surface area (Å²) in [7, 11) is 3.18. The first-order valence-corrected chi connectivity index (χ1v) is 8.81. The van der Waals surface area contributed by atoms with E-state index in [-0.39, 0.29) is 11.9 Å². The summed E-state index contributed by atoms with van der Waals surface area (Å²) in [5, 5.41) is 6.18. The van der Waals surface area contributed by atoms with Crippen LogP contribution in [0, 0.1) is 0 Å². The Kier molecular flexibility index (Phi) is 5.88. The molecule has 26 heavy (non-hydrogen) atoms. The van der Waals surface area contributed by atoms with Crippen LogP contribution in [0.4, 0.5) is 11.5 Å². The number of benzene rings is 1. The minimum Gasteiger partial charge on any atom is -0.493 e. The summed E-state index contributed by atoms with van der Waals surface area (Å²) in [6.07, 6.45) is 8.71. The van der Waals surface area contributed by atoms with Crippen LogP contribution in [-0.4, -0.2) is 36.1 Å². The number of hydrogen-bond acceptors (Lipinski definition) is 6. The van der Waals surface area contributed by atoms with Crippen LogP contribution in [0.5, 0.6) is 11.5 Å². The second-order valence-electron chi connectivity index (χ2n) is 6.29. The number of methoxy groups -OCH3 is 2. The first-order valence-electron chi connectivity index (χ1n) is 8.81. The number of nitrogens with one attached hydrogen (secondary N) is 2. The molecule has 0 radical (unpaired) electrons. The van der Waals surface area contributed by atoms with Crippen LogP contribution in [0.25, 0.3) is 0 Å². The number of ether oxygens (including phenoxy) is 2. The Morgan fingerprint density at radius 1 is 1.04 bits per heavy atom. The number of amides is 1. The van der Waals surface area contributed by atoms with E-state index in [0.717, 1.165) is 18.5 Å². The third-order valence-corrected chi connectivity index (χ3v) is 4.48. The maximum absolute atomic E-state index is 12.3. The minimum absolute atomic E-state index is 0.165. The van der Waals surface area contributed by atoms with Gasteiger partial charge in [0.25, 0.3) is 5.91 Å². The molecule has 1 amide bonds. The summed E-state index contributed by atoms with van der Waals surface area (Å²) in [6.45, 7) is 0. The van der Waals surface area contributed by atoms with Crippen molar-refractivity contribution < 1.29 is 14.3 Å². The van der Waals surface area contributed by atoms with Crippen molar-refractivity contribution in [2.75, 3.05) is 19.5 Å². The van der Waals surface area contributed by atoms with Crippen molar-refractivity contribution in [3.63, 3.8) is 0 Å². The van der Waals surface area contributed by atoms with E-state index in [2.05, 4.69) is 20.6 Å². The fourth-order valence-corrected chi connectivity index (χ4v) is 3.08. The molecule has 2 N–H and O–H groups in total. The van der Waals surface area contributed by atoms with E-state index < -0.39 is 0 Å². The van der Waals surface area contributed by atoms with E-state index in [1.54, 1.807) is 26.5 Å². The molecular formula is C19H24N4O3.